The van der Waals surface area contributed by atoms with E-state index in [0.717, 1.165) is 0 Å². The van der Waals surface area contributed by atoms with Crippen molar-refractivity contribution in [2.45, 2.75) is 75.2 Å². The molecule has 2 aromatic rings. The number of amides is 1. The number of piperidine rings is 1. The number of pyridine rings is 1. The van der Waals surface area contributed by atoms with E-state index in [1.54, 1.807) is 13.0 Å². The molecular weight excluding hydrogens is 491 g/mol. The molecule has 9 nitrogen and oxygen atoms in total. The lowest BCUT2D eigenvalue weighted by Crippen LogP contribution is -2.53. The number of alkyl halides is 3. The van der Waals surface area contributed by atoms with Gasteiger partial charge < -0.3 is 25.8 Å². The zero-order chi connectivity index (χ0) is 26.6. The second-order valence-corrected chi connectivity index (χ2v) is 10.7. The van der Waals surface area contributed by atoms with Gasteiger partial charge in [-0.3, -0.25) is 14.6 Å². The fraction of sp³-hybridized carbons (Fsp3) is 0.600. The molecule has 3 atom stereocenters. The predicted molar refractivity (Wildman–Crippen MR) is 126 cm³/mol. The number of Topliss-reactive ketones (excluding diaryl/α,β-unsaturated/α-hetero) is 1. The third kappa shape index (κ3) is 4.84. The highest BCUT2D eigenvalue weighted by atomic mass is 19.4. The van der Waals surface area contributed by atoms with Crippen molar-refractivity contribution in [2.24, 2.45) is 11.8 Å². The highest BCUT2D eigenvalue weighted by Gasteiger charge is 2.61. The first kappa shape index (κ1) is 25.7. The minimum absolute atomic E-state index is 0.0278. The fourth-order valence-corrected chi connectivity index (χ4v) is 5.76. The van der Waals surface area contributed by atoms with Gasteiger partial charge in [0.15, 0.2) is 11.4 Å². The van der Waals surface area contributed by atoms with Crippen molar-refractivity contribution in [3.8, 4) is 17.0 Å². The van der Waals surface area contributed by atoms with Gasteiger partial charge in [-0.1, -0.05) is 0 Å². The molecule has 3 unspecified atom stereocenters. The largest absolute Gasteiger partial charge is 0.506 e. The summed E-state index contributed by atoms with van der Waals surface area (Å²) in [5, 5.41) is 26.2. The molecule has 1 amide bonds. The van der Waals surface area contributed by atoms with E-state index in [9.17, 15) is 33.0 Å². The van der Waals surface area contributed by atoms with Gasteiger partial charge in [-0.2, -0.15) is 13.2 Å². The molecule has 37 heavy (non-hydrogen) atoms. The molecule has 5 rings (SSSR count). The van der Waals surface area contributed by atoms with Crippen LogP contribution in [0.2, 0.25) is 0 Å². The molecule has 0 bridgehead atoms. The summed E-state index contributed by atoms with van der Waals surface area (Å²) in [5.41, 5.74) is -1.50. The van der Waals surface area contributed by atoms with Crippen LogP contribution in [0, 0.1) is 18.8 Å². The van der Waals surface area contributed by atoms with Crippen LogP contribution in [0.15, 0.2) is 18.5 Å². The van der Waals surface area contributed by atoms with E-state index in [1.807, 2.05) is 0 Å². The molecular formula is C25H30F3N5O4. The third-order valence-electron chi connectivity index (χ3n) is 8.15. The number of nitrogens with zero attached hydrogens (tertiary/aromatic N) is 2. The average molecular weight is 522 g/mol. The minimum Gasteiger partial charge on any atom is -0.506 e. The highest BCUT2D eigenvalue weighted by Crippen LogP contribution is 2.51. The molecule has 0 radical (unpaired) electrons. The van der Waals surface area contributed by atoms with Crippen molar-refractivity contribution in [2.75, 3.05) is 6.54 Å². The minimum atomic E-state index is -4.68. The number of aryl methyl sites for hydroxylation is 1. The standard InChI is InChI=1S/C25H30F3N5O4/c1-13-8-16(19(34)12-29-13)18-11-30-21(33-18)20(35)17-10-23(17)9-14(4-7-31-23)22(36)32-15-2-5-24(37,6-3-15)25(26,27)28/h8,11-12,14-15,17,31,34,37H,2-7,9-10H2,1H3,(H,30,33)(H,32,36). The number of aromatic nitrogens is 3. The summed E-state index contributed by atoms with van der Waals surface area (Å²) in [6, 6.07) is 1.28. The van der Waals surface area contributed by atoms with E-state index in [4.69, 9.17) is 0 Å². The molecule has 3 fully saturated rings. The van der Waals surface area contributed by atoms with E-state index in [-0.39, 0.29) is 47.9 Å². The van der Waals surface area contributed by atoms with Crippen molar-refractivity contribution >= 4 is 11.7 Å². The van der Waals surface area contributed by atoms with Crippen LogP contribution in [-0.2, 0) is 4.79 Å². The Hall–Kier alpha value is -2.99. The van der Waals surface area contributed by atoms with Crippen LogP contribution in [0.1, 0.15) is 61.3 Å². The zero-order valence-electron chi connectivity index (χ0n) is 20.4. The Labute approximate surface area is 211 Å². The van der Waals surface area contributed by atoms with Crippen LogP contribution in [-0.4, -0.2) is 66.8 Å². The number of nitrogens with one attached hydrogen (secondary N) is 3. The van der Waals surface area contributed by atoms with Gasteiger partial charge in [-0.05, 0) is 64.5 Å². The Morgan fingerprint density at radius 3 is 2.57 bits per heavy atom. The molecule has 0 aromatic carbocycles. The second-order valence-electron chi connectivity index (χ2n) is 10.7. The number of ketones is 1. The van der Waals surface area contributed by atoms with Gasteiger partial charge in [-0.25, -0.2) is 4.98 Å². The van der Waals surface area contributed by atoms with Crippen molar-refractivity contribution in [3.63, 3.8) is 0 Å². The summed E-state index contributed by atoms with van der Waals surface area (Å²) in [6.07, 6.45) is -1.01. The van der Waals surface area contributed by atoms with Gasteiger partial charge in [0.05, 0.1) is 18.1 Å². The van der Waals surface area contributed by atoms with Crippen molar-refractivity contribution in [1.29, 1.82) is 0 Å². The Bertz CT molecular complexity index is 1210. The quantitative estimate of drug-likeness (QED) is 0.381. The van der Waals surface area contributed by atoms with Gasteiger partial charge in [-0.15, -0.1) is 0 Å². The molecule has 2 saturated carbocycles. The van der Waals surface area contributed by atoms with Crippen LogP contribution < -0.4 is 10.6 Å². The van der Waals surface area contributed by atoms with E-state index < -0.39 is 36.2 Å². The van der Waals surface area contributed by atoms with Crippen molar-refractivity contribution in [3.05, 3.63) is 30.0 Å². The van der Waals surface area contributed by atoms with Crippen LogP contribution in [0.25, 0.3) is 11.3 Å². The van der Waals surface area contributed by atoms with Crippen molar-refractivity contribution in [1.82, 2.24) is 25.6 Å². The molecule has 1 aliphatic heterocycles. The third-order valence-corrected chi connectivity index (χ3v) is 8.15. The van der Waals surface area contributed by atoms with E-state index >= 15 is 0 Å². The summed E-state index contributed by atoms with van der Waals surface area (Å²) < 4.78 is 39.2. The topological polar surface area (TPSA) is 140 Å². The number of rotatable bonds is 5. The Kier molecular flexibility index (Phi) is 6.30. The number of aromatic hydroxyl groups is 1. The summed E-state index contributed by atoms with van der Waals surface area (Å²) in [4.78, 5) is 37.4. The SMILES string of the molecule is Cc1cc(-c2cnc(C(=O)C3CC34CC(C(=O)NC3CCC(O)(C(F)(F)F)CC3)CCN4)[nH]2)c(O)cn1. The number of aliphatic hydroxyl groups is 1. The maximum absolute atomic E-state index is 13.2. The molecule has 200 valence electrons. The molecule has 5 N–H and O–H groups in total. The Morgan fingerprint density at radius 1 is 1.14 bits per heavy atom. The first-order chi connectivity index (χ1) is 17.4. The number of halogens is 3. The van der Waals surface area contributed by atoms with E-state index in [2.05, 4.69) is 25.6 Å². The van der Waals surface area contributed by atoms with Gasteiger partial charge in [0.2, 0.25) is 11.7 Å². The monoisotopic (exact) mass is 521 g/mol. The maximum Gasteiger partial charge on any atom is 0.417 e. The lowest BCUT2D eigenvalue weighted by molar-refractivity contribution is -0.270. The Morgan fingerprint density at radius 2 is 1.86 bits per heavy atom. The molecule has 2 aromatic heterocycles. The summed E-state index contributed by atoms with van der Waals surface area (Å²) in [6.45, 7) is 2.34. The normalized spacial score (nSPS) is 31.8. The first-order valence-corrected chi connectivity index (χ1v) is 12.5. The number of H-pyrrole nitrogens is 1. The van der Waals surface area contributed by atoms with Gasteiger partial charge >= 0.3 is 6.18 Å². The highest BCUT2D eigenvalue weighted by molar-refractivity contribution is 5.98. The van der Waals surface area contributed by atoms with E-state index in [1.165, 1.54) is 12.4 Å². The lowest BCUT2D eigenvalue weighted by Gasteiger charge is -2.38. The van der Waals surface area contributed by atoms with Crippen LogP contribution in [0.4, 0.5) is 13.2 Å². The van der Waals surface area contributed by atoms with Gasteiger partial charge in [0.1, 0.15) is 5.75 Å². The lowest BCUT2D eigenvalue weighted by atomic mass is 9.81. The summed E-state index contributed by atoms with van der Waals surface area (Å²) in [5.74, 6) is -0.953. The fourth-order valence-electron chi connectivity index (χ4n) is 5.76. The first-order valence-electron chi connectivity index (χ1n) is 12.5. The van der Waals surface area contributed by atoms with E-state index in [0.29, 0.717) is 42.8 Å². The smallest absolute Gasteiger partial charge is 0.417 e. The Balaban J connectivity index is 1.19. The zero-order valence-corrected chi connectivity index (χ0v) is 20.4. The number of hydrogen-bond acceptors (Lipinski definition) is 7. The molecule has 2 aliphatic carbocycles. The molecule has 1 saturated heterocycles. The molecule has 3 heterocycles. The number of carbonyl (C=O) groups is 2. The number of hydrogen-bond donors (Lipinski definition) is 5. The van der Waals surface area contributed by atoms with Crippen molar-refractivity contribution < 1.29 is 33.0 Å². The molecule has 1 spiro atoms. The second kappa shape index (κ2) is 9.09. The maximum atomic E-state index is 13.2. The van der Waals surface area contributed by atoms with Gasteiger partial charge in [0, 0.05) is 34.7 Å². The number of carbonyl (C=O) groups excluding carboxylic acids is 2. The van der Waals surface area contributed by atoms with Crippen LogP contribution in [0.5, 0.6) is 5.75 Å². The number of aromatic amines is 1. The van der Waals surface area contributed by atoms with Gasteiger partial charge in [0.25, 0.3) is 0 Å². The van der Waals surface area contributed by atoms with Crippen LogP contribution >= 0.6 is 0 Å². The predicted octanol–water partition coefficient (Wildman–Crippen LogP) is 2.78. The number of imidazole rings is 1. The summed E-state index contributed by atoms with van der Waals surface area (Å²) >= 11 is 0. The average Bonchev–Trinajstić information content (AvgIpc) is 3.30. The summed E-state index contributed by atoms with van der Waals surface area (Å²) in [7, 11) is 0. The molecule has 12 heteroatoms. The van der Waals surface area contributed by atoms with Crippen LogP contribution in [0.3, 0.4) is 0 Å². The molecule has 3 aliphatic rings.